The minimum Gasteiger partial charge on any atom is -0.389 e. The van der Waals surface area contributed by atoms with E-state index in [1.54, 1.807) is 36.4 Å². The fourth-order valence-corrected chi connectivity index (χ4v) is 4.61. The molecule has 0 aliphatic heterocycles. The lowest BCUT2D eigenvalue weighted by atomic mass is 9.95. The molecule has 10 nitrogen and oxygen atoms in total. The lowest BCUT2D eigenvalue weighted by molar-refractivity contribution is -0.128. The highest BCUT2D eigenvalue weighted by atomic mass is 16.3. The van der Waals surface area contributed by atoms with Crippen LogP contribution in [0.2, 0.25) is 0 Å². The van der Waals surface area contributed by atoms with Crippen molar-refractivity contribution < 1.29 is 15.0 Å². The SMILES string of the molecule is CNc1nc(C#Cc2ncccn2)nc2c1ncn2[C@@H]1C2C[C@]2(C(C)=O)C(O)[C@H]1O. The zero-order chi connectivity index (χ0) is 21.0. The zero-order valence-corrected chi connectivity index (χ0v) is 16.3. The van der Waals surface area contributed by atoms with Gasteiger partial charge in [0.1, 0.15) is 11.9 Å². The highest BCUT2D eigenvalue weighted by Gasteiger charge is 2.74. The molecule has 3 heterocycles. The van der Waals surface area contributed by atoms with Crippen LogP contribution in [0.3, 0.4) is 0 Å². The number of rotatable bonds is 3. The zero-order valence-electron chi connectivity index (χ0n) is 16.3. The molecular weight excluding hydrogens is 386 g/mol. The van der Waals surface area contributed by atoms with Gasteiger partial charge >= 0.3 is 0 Å². The van der Waals surface area contributed by atoms with Crippen molar-refractivity contribution >= 4 is 22.8 Å². The monoisotopic (exact) mass is 405 g/mol. The normalized spacial score (nSPS) is 29.2. The second kappa shape index (κ2) is 6.55. The number of nitrogens with zero attached hydrogens (tertiary/aromatic N) is 6. The number of aromatic nitrogens is 6. The molecule has 2 saturated carbocycles. The van der Waals surface area contributed by atoms with Crippen LogP contribution in [0.1, 0.15) is 31.0 Å². The van der Waals surface area contributed by atoms with Crippen molar-refractivity contribution in [3.63, 3.8) is 0 Å². The molecule has 2 aliphatic rings. The summed E-state index contributed by atoms with van der Waals surface area (Å²) >= 11 is 0. The Hall–Kier alpha value is -3.42. The molecule has 0 saturated heterocycles. The van der Waals surface area contributed by atoms with Crippen LogP contribution in [0.15, 0.2) is 24.8 Å². The van der Waals surface area contributed by atoms with Crippen LogP contribution in [-0.4, -0.2) is 64.7 Å². The van der Waals surface area contributed by atoms with E-state index in [2.05, 4.69) is 42.1 Å². The maximum atomic E-state index is 12.2. The summed E-state index contributed by atoms with van der Waals surface area (Å²) in [6.07, 6.45) is 3.09. The number of hydrogen-bond donors (Lipinski definition) is 3. The summed E-state index contributed by atoms with van der Waals surface area (Å²) in [6, 6.07) is 1.19. The summed E-state index contributed by atoms with van der Waals surface area (Å²) in [4.78, 5) is 33.6. The summed E-state index contributed by atoms with van der Waals surface area (Å²) < 4.78 is 1.72. The van der Waals surface area contributed by atoms with Crippen LogP contribution in [0.4, 0.5) is 5.82 Å². The Morgan fingerprint density at radius 1 is 1.20 bits per heavy atom. The molecule has 5 rings (SSSR count). The number of aliphatic hydroxyl groups excluding tert-OH is 2. The van der Waals surface area contributed by atoms with E-state index in [1.807, 2.05) is 0 Å². The van der Waals surface area contributed by atoms with E-state index >= 15 is 0 Å². The van der Waals surface area contributed by atoms with Crippen molar-refractivity contribution in [2.24, 2.45) is 11.3 Å². The number of nitrogens with one attached hydrogen (secondary N) is 1. The number of imidazole rings is 1. The number of hydrogen-bond acceptors (Lipinski definition) is 9. The fraction of sp³-hybridized carbons (Fsp3) is 0.400. The van der Waals surface area contributed by atoms with Crippen LogP contribution in [0.25, 0.3) is 11.2 Å². The molecule has 30 heavy (non-hydrogen) atoms. The smallest absolute Gasteiger partial charge is 0.209 e. The second-order valence-electron chi connectivity index (χ2n) is 7.63. The van der Waals surface area contributed by atoms with Crippen molar-refractivity contribution in [1.29, 1.82) is 0 Å². The molecule has 152 valence electrons. The number of Topliss-reactive ketones (excluding diaryl/α,β-unsaturated/α-hetero) is 1. The predicted octanol–water partition coefficient (Wildman–Crippen LogP) is -0.0704. The molecule has 0 amide bonds. The molecule has 0 radical (unpaired) electrons. The fourth-order valence-electron chi connectivity index (χ4n) is 4.61. The van der Waals surface area contributed by atoms with Gasteiger partial charge in [-0.3, -0.25) is 4.79 Å². The molecule has 3 N–H and O–H groups in total. The lowest BCUT2D eigenvalue weighted by Crippen LogP contribution is -2.36. The Morgan fingerprint density at radius 2 is 1.93 bits per heavy atom. The van der Waals surface area contributed by atoms with Gasteiger partial charge in [-0.2, -0.15) is 0 Å². The first-order valence-corrected chi connectivity index (χ1v) is 9.56. The third-order valence-corrected chi connectivity index (χ3v) is 6.16. The number of anilines is 1. The van der Waals surface area contributed by atoms with E-state index in [4.69, 9.17) is 0 Å². The van der Waals surface area contributed by atoms with E-state index in [1.165, 1.54) is 6.92 Å². The predicted molar refractivity (Wildman–Crippen MR) is 105 cm³/mol. The molecular formula is C20H19N7O3. The van der Waals surface area contributed by atoms with Gasteiger partial charge < -0.3 is 20.1 Å². The molecule has 10 heteroatoms. The summed E-state index contributed by atoms with van der Waals surface area (Å²) in [6.45, 7) is 1.46. The third-order valence-electron chi connectivity index (χ3n) is 6.16. The highest BCUT2D eigenvalue weighted by molar-refractivity contribution is 5.88. The Morgan fingerprint density at radius 3 is 2.60 bits per heavy atom. The first-order chi connectivity index (χ1) is 14.5. The molecule has 2 fully saturated rings. The van der Waals surface area contributed by atoms with Gasteiger partial charge in [-0.25, -0.2) is 24.9 Å². The largest absolute Gasteiger partial charge is 0.389 e. The molecule has 3 aromatic rings. The van der Waals surface area contributed by atoms with Crippen molar-refractivity contribution in [3.05, 3.63) is 36.4 Å². The maximum Gasteiger partial charge on any atom is 0.209 e. The molecule has 0 spiro atoms. The van der Waals surface area contributed by atoms with Gasteiger partial charge in [-0.15, -0.1) is 0 Å². The van der Waals surface area contributed by atoms with Crippen molar-refractivity contribution in [3.8, 4) is 11.8 Å². The minimum atomic E-state index is -1.11. The van der Waals surface area contributed by atoms with Gasteiger partial charge in [0, 0.05) is 19.4 Å². The van der Waals surface area contributed by atoms with Crippen molar-refractivity contribution in [2.45, 2.75) is 31.6 Å². The summed E-state index contributed by atoms with van der Waals surface area (Å²) in [5, 5.41) is 24.2. The van der Waals surface area contributed by atoms with Crippen molar-refractivity contribution in [1.82, 2.24) is 29.5 Å². The Bertz CT molecular complexity index is 1220. The van der Waals surface area contributed by atoms with Gasteiger partial charge in [-0.1, -0.05) is 0 Å². The Balaban J connectivity index is 1.60. The third kappa shape index (κ3) is 2.52. The average Bonchev–Trinajstić information content (AvgIpc) is 3.30. The number of ketones is 1. The first-order valence-electron chi connectivity index (χ1n) is 9.56. The van der Waals surface area contributed by atoms with E-state index in [9.17, 15) is 15.0 Å². The van der Waals surface area contributed by atoms with E-state index in [0.717, 1.165) is 0 Å². The van der Waals surface area contributed by atoms with Crippen LogP contribution in [-0.2, 0) is 4.79 Å². The second-order valence-corrected chi connectivity index (χ2v) is 7.63. The highest BCUT2D eigenvalue weighted by Crippen LogP contribution is 2.68. The number of carbonyl (C=O) groups is 1. The standard InChI is InChI=1S/C20H19N7O3/c1-10(28)20-8-11(20)15(16(29)17(20)30)27-9-24-14-18(21-2)25-13(26-19(14)27)5-4-12-22-6-3-7-23-12/h3,6-7,9,11,15-17,29-30H,8H2,1-2H3,(H,21,25,26)/t11?,15-,16+,17?,20-/m1/s1. The molecule has 2 aliphatic carbocycles. The van der Waals surface area contributed by atoms with Gasteiger partial charge in [0.15, 0.2) is 17.0 Å². The van der Waals surface area contributed by atoms with Crippen LogP contribution in [0, 0.1) is 23.2 Å². The molecule has 2 unspecified atom stereocenters. The maximum absolute atomic E-state index is 12.2. The van der Waals surface area contributed by atoms with Crippen LogP contribution >= 0.6 is 0 Å². The van der Waals surface area contributed by atoms with Crippen LogP contribution < -0.4 is 5.32 Å². The number of carbonyl (C=O) groups excluding carboxylic acids is 1. The lowest BCUT2D eigenvalue weighted by Gasteiger charge is -2.23. The average molecular weight is 405 g/mol. The summed E-state index contributed by atoms with van der Waals surface area (Å²) in [5.41, 5.74) is 0.101. The van der Waals surface area contributed by atoms with E-state index < -0.39 is 23.7 Å². The quantitative estimate of drug-likeness (QED) is 0.511. The van der Waals surface area contributed by atoms with Crippen LogP contribution in [0.5, 0.6) is 0 Å². The summed E-state index contributed by atoms with van der Waals surface area (Å²) in [5.74, 6) is 6.48. The van der Waals surface area contributed by atoms with E-state index in [0.29, 0.717) is 29.2 Å². The molecule has 0 bridgehead atoms. The Labute approximate surface area is 171 Å². The first kappa shape index (κ1) is 18.6. The van der Waals surface area contributed by atoms with Gasteiger partial charge in [-0.05, 0) is 37.2 Å². The molecule has 0 aromatic carbocycles. The Kier molecular flexibility index (Phi) is 4.06. The molecule has 5 atom stereocenters. The molecule has 3 aromatic heterocycles. The number of fused-ring (bicyclic) bond motifs is 2. The summed E-state index contributed by atoms with van der Waals surface area (Å²) in [7, 11) is 1.72. The van der Waals surface area contributed by atoms with Gasteiger partial charge in [0.25, 0.3) is 0 Å². The van der Waals surface area contributed by atoms with Gasteiger partial charge in [0.2, 0.25) is 11.6 Å². The number of aliphatic hydroxyl groups is 2. The van der Waals surface area contributed by atoms with Gasteiger partial charge in [0.05, 0.1) is 23.9 Å². The van der Waals surface area contributed by atoms with E-state index in [-0.39, 0.29) is 17.5 Å². The topological polar surface area (TPSA) is 139 Å². The minimum absolute atomic E-state index is 0.106. The van der Waals surface area contributed by atoms with Crippen molar-refractivity contribution in [2.75, 3.05) is 12.4 Å².